The second kappa shape index (κ2) is 9.34. The van der Waals surface area contributed by atoms with Gasteiger partial charge in [0.25, 0.3) is 0 Å². The molecule has 0 spiro atoms. The number of hydrogen-bond donors (Lipinski definition) is 2. The van der Waals surface area contributed by atoms with Crippen LogP contribution in [0.2, 0.25) is 5.15 Å². The summed E-state index contributed by atoms with van der Waals surface area (Å²) in [6, 6.07) is 10.7. The Bertz CT molecular complexity index is 972. The Morgan fingerprint density at radius 3 is 2.89 bits per heavy atom. The molecule has 1 atom stereocenters. The minimum absolute atomic E-state index is 0.214. The Morgan fingerprint density at radius 2 is 2.18 bits per heavy atom. The molecule has 28 heavy (non-hydrogen) atoms. The summed E-state index contributed by atoms with van der Waals surface area (Å²) in [7, 11) is 0. The summed E-state index contributed by atoms with van der Waals surface area (Å²) in [6.45, 7) is 3.26. The first-order valence-electron chi connectivity index (χ1n) is 8.89. The van der Waals surface area contributed by atoms with Gasteiger partial charge in [-0.1, -0.05) is 48.0 Å². The normalized spacial score (nSPS) is 12.5. The van der Waals surface area contributed by atoms with E-state index < -0.39 is 12.1 Å². The zero-order valence-corrected chi connectivity index (χ0v) is 16.1. The zero-order chi connectivity index (χ0) is 19.9. The predicted molar refractivity (Wildman–Crippen MR) is 108 cm³/mol. The lowest BCUT2D eigenvalue weighted by atomic mass is 10.1. The Hall–Kier alpha value is -2.90. The van der Waals surface area contributed by atoms with Crippen molar-refractivity contribution in [2.45, 2.75) is 19.5 Å². The molecule has 3 rings (SSSR count). The van der Waals surface area contributed by atoms with E-state index in [4.69, 9.17) is 21.4 Å². The third-order valence-electron chi connectivity index (χ3n) is 4.19. The maximum absolute atomic E-state index is 11.0. The Labute approximate surface area is 167 Å². The molecule has 1 unspecified atom stereocenters. The lowest BCUT2D eigenvalue weighted by Gasteiger charge is -2.17. The van der Waals surface area contributed by atoms with Gasteiger partial charge in [0.2, 0.25) is 0 Å². The highest BCUT2D eigenvalue weighted by Gasteiger charge is 2.13. The van der Waals surface area contributed by atoms with E-state index >= 15 is 0 Å². The van der Waals surface area contributed by atoms with Crippen LogP contribution >= 0.6 is 11.6 Å². The highest BCUT2D eigenvalue weighted by atomic mass is 35.5. The number of rotatable bonds is 8. The van der Waals surface area contributed by atoms with Crippen molar-refractivity contribution in [3.8, 4) is 0 Å². The molecular weight excluding hydrogens is 380 g/mol. The number of carboxylic acid groups (broad SMARTS) is 1. The maximum atomic E-state index is 11.0. The fourth-order valence-corrected chi connectivity index (χ4v) is 3.15. The topological polar surface area (TPSA) is 89.3 Å². The summed E-state index contributed by atoms with van der Waals surface area (Å²) in [5.74, 6) is 0. The summed E-state index contributed by atoms with van der Waals surface area (Å²) in [4.78, 5) is 15.4. The van der Waals surface area contributed by atoms with Crippen LogP contribution in [0.5, 0.6) is 0 Å². The lowest BCUT2D eigenvalue weighted by molar-refractivity contribution is 0.129. The molecular formula is C20H21ClN4O3. The van der Waals surface area contributed by atoms with Gasteiger partial charge in [0, 0.05) is 11.9 Å². The highest BCUT2D eigenvalue weighted by molar-refractivity contribution is 6.30. The van der Waals surface area contributed by atoms with Crippen LogP contribution in [0, 0.1) is 0 Å². The van der Waals surface area contributed by atoms with Crippen LogP contribution in [0.4, 0.5) is 4.79 Å². The van der Waals surface area contributed by atoms with Crippen molar-refractivity contribution >= 4 is 34.7 Å². The molecule has 7 nitrogen and oxygen atoms in total. The number of carbonyl (C=O) groups is 1. The minimum Gasteiger partial charge on any atom is -0.465 e. The molecule has 0 fully saturated rings. The number of hydrogen-bond acceptors (Lipinski definition) is 4. The molecule has 0 aliphatic carbocycles. The quantitative estimate of drug-likeness (QED) is 0.438. The fraction of sp³-hybridized carbons (Fsp3) is 0.250. The van der Waals surface area contributed by atoms with Crippen LogP contribution in [0.15, 0.2) is 48.7 Å². The monoisotopic (exact) mass is 400 g/mol. The summed E-state index contributed by atoms with van der Waals surface area (Å²) in [5.41, 5.74) is 2.48. The number of ether oxygens (including phenoxy) is 1. The number of nitrogens with one attached hydrogen (secondary N) is 1. The van der Waals surface area contributed by atoms with E-state index in [-0.39, 0.29) is 6.61 Å². The van der Waals surface area contributed by atoms with Gasteiger partial charge < -0.3 is 15.2 Å². The van der Waals surface area contributed by atoms with Gasteiger partial charge in [0.15, 0.2) is 0 Å². The third-order valence-corrected chi connectivity index (χ3v) is 4.38. The number of benzene rings is 1. The molecule has 8 heteroatoms. The van der Waals surface area contributed by atoms with Gasteiger partial charge in [-0.05, 0) is 24.6 Å². The molecule has 0 aliphatic heterocycles. The van der Waals surface area contributed by atoms with Crippen molar-refractivity contribution in [1.82, 2.24) is 20.1 Å². The number of halogens is 1. The molecule has 0 bridgehead atoms. The van der Waals surface area contributed by atoms with Gasteiger partial charge >= 0.3 is 6.09 Å². The molecule has 0 saturated carbocycles. The molecule has 2 aromatic heterocycles. The van der Waals surface area contributed by atoms with Gasteiger partial charge in [-0.3, -0.25) is 4.68 Å². The average Bonchev–Trinajstić information content (AvgIpc) is 3.10. The minimum atomic E-state index is -1.09. The smallest absolute Gasteiger partial charge is 0.405 e. The van der Waals surface area contributed by atoms with E-state index in [1.165, 1.54) is 0 Å². The Kier molecular flexibility index (Phi) is 6.62. The van der Waals surface area contributed by atoms with E-state index in [1.807, 2.05) is 54.1 Å². The maximum Gasteiger partial charge on any atom is 0.405 e. The second-order valence-electron chi connectivity index (χ2n) is 6.08. The van der Waals surface area contributed by atoms with Crippen LogP contribution < -0.4 is 5.32 Å². The Balaban J connectivity index is 1.66. The van der Waals surface area contributed by atoms with E-state index in [0.717, 1.165) is 23.0 Å². The first-order chi connectivity index (χ1) is 13.6. The fourth-order valence-electron chi connectivity index (χ4n) is 2.94. The largest absolute Gasteiger partial charge is 0.465 e. The first kappa shape index (κ1) is 19.9. The van der Waals surface area contributed by atoms with Crippen molar-refractivity contribution < 1.29 is 14.6 Å². The van der Waals surface area contributed by atoms with Gasteiger partial charge in [-0.25, -0.2) is 9.78 Å². The van der Waals surface area contributed by atoms with Crippen LogP contribution in [-0.4, -0.2) is 39.2 Å². The van der Waals surface area contributed by atoms with Crippen molar-refractivity contribution in [2.75, 3.05) is 13.2 Å². The third kappa shape index (κ3) is 4.88. The number of pyridine rings is 1. The summed E-state index contributed by atoms with van der Waals surface area (Å²) in [6.07, 6.45) is 4.34. The van der Waals surface area contributed by atoms with Gasteiger partial charge in [0.1, 0.15) is 5.15 Å². The standard InChI is InChI=1S/C20H21ClN4O3/c1-2-25-19-15(12-22-25)11-18(21)23-16(19)9-6-10-28-13-17(24-20(26)27)14-7-4-3-5-8-14/h3-9,11-12,17,24H,2,10,13H2,1H3,(H,26,27). The van der Waals surface area contributed by atoms with E-state index in [1.54, 1.807) is 12.3 Å². The predicted octanol–water partition coefficient (Wildman–Crippen LogP) is 4.14. The molecule has 3 aromatic rings. The van der Waals surface area contributed by atoms with Crippen molar-refractivity contribution in [2.24, 2.45) is 0 Å². The molecule has 146 valence electrons. The molecule has 2 N–H and O–H groups in total. The number of aromatic nitrogens is 3. The van der Waals surface area contributed by atoms with Crippen molar-refractivity contribution in [3.63, 3.8) is 0 Å². The van der Waals surface area contributed by atoms with E-state index in [0.29, 0.717) is 17.5 Å². The van der Waals surface area contributed by atoms with Gasteiger partial charge in [-0.2, -0.15) is 5.10 Å². The average molecular weight is 401 g/mol. The van der Waals surface area contributed by atoms with Gasteiger partial charge in [-0.15, -0.1) is 0 Å². The molecule has 1 amide bonds. The molecule has 1 aromatic carbocycles. The van der Waals surface area contributed by atoms with E-state index in [2.05, 4.69) is 15.4 Å². The Morgan fingerprint density at radius 1 is 1.39 bits per heavy atom. The number of aryl methyl sites for hydroxylation is 1. The number of fused-ring (bicyclic) bond motifs is 1. The summed E-state index contributed by atoms with van der Waals surface area (Å²) in [5, 5.41) is 17.2. The second-order valence-corrected chi connectivity index (χ2v) is 6.47. The number of nitrogens with zero attached hydrogens (tertiary/aromatic N) is 3. The summed E-state index contributed by atoms with van der Waals surface area (Å²) < 4.78 is 7.52. The molecule has 0 saturated heterocycles. The lowest BCUT2D eigenvalue weighted by Crippen LogP contribution is -2.30. The molecule has 2 heterocycles. The zero-order valence-electron chi connectivity index (χ0n) is 15.4. The summed E-state index contributed by atoms with van der Waals surface area (Å²) >= 11 is 6.10. The van der Waals surface area contributed by atoms with Crippen molar-refractivity contribution in [1.29, 1.82) is 0 Å². The van der Waals surface area contributed by atoms with Crippen LogP contribution in [-0.2, 0) is 11.3 Å². The molecule has 0 aliphatic rings. The highest BCUT2D eigenvalue weighted by Crippen LogP contribution is 2.22. The van der Waals surface area contributed by atoms with Crippen molar-refractivity contribution in [3.05, 3.63) is 65.1 Å². The van der Waals surface area contributed by atoms with Crippen LogP contribution in [0.1, 0.15) is 24.2 Å². The molecule has 0 radical (unpaired) electrons. The SMILES string of the molecule is CCn1ncc2cc(Cl)nc(C=CCOCC(NC(=O)O)c3ccccc3)c21. The van der Waals surface area contributed by atoms with Crippen LogP contribution in [0.25, 0.3) is 17.0 Å². The van der Waals surface area contributed by atoms with Gasteiger partial charge in [0.05, 0.1) is 36.7 Å². The van der Waals surface area contributed by atoms with Crippen LogP contribution in [0.3, 0.4) is 0 Å². The first-order valence-corrected chi connectivity index (χ1v) is 9.27. The number of amides is 1. The van der Waals surface area contributed by atoms with E-state index in [9.17, 15) is 4.79 Å².